The molecule has 0 saturated heterocycles. The molecule has 2 nitrogen and oxygen atoms in total. The summed E-state index contributed by atoms with van der Waals surface area (Å²) in [5, 5.41) is 3.44. The summed E-state index contributed by atoms with van der Waals surface area (Å²) >= 11 is 4.19. The van der Waals surface area contributed by atoms with Gasteiger partial charge in [0.15, 0.2) is 0 Å². The maximum atomic E-state index is 12.3. The molecule has 1 aromatic heterocycles. The second-order valence-corrected chi connectivity index (χ2v) is 7.96. The summed E-state index contributed by atoms with van der Waals surface area (Å²) in [4.78, 5) is 1.43. The van der Waals surface area contributed by atoms with E-state index in [9.17, 15) is 8.78 Å². The number of anilines is 1. The topological polar surface area (TPSA) is 21.3 Å². The fraction of sp³-hybridized carbons (Fsp3) is 0.333. The van der Waals surface area contributed by atoms with Crippen LogP contribution in [0.3, 0.4) is 0 Å². The van der Waals surface area contributed by atoms with Crippen molar-refractivity contribution in [3.8, 4) is 5.75 Å². The Morgan fingerprint density at radius 3 is 3.00 bits per heavy atom. The Morgan fingerprint density at radius 2 is 2.19 bits per heavy atom. The van der Waals surface area contributed by atoms with Crippen LogP contribution in [-0.2, 0) is 6.42 Å². The van der Waals surface area contributed by atoms with Gasteiger partial charge in [0, 0.05) is 16.6 Å². The number of hydrogen-bond acceptors (Lipinski definition) is 3. The van der Waals surface area contributed by atoms with Crippen LogP contribution >= 0.6 is 33.9 Å². The number of fused-ring (bicyclic) bond motifs is 1. The van der Waals surface area contributed by atoms with Crippen molar-refractivity contribution in [2.24, 2.45) is 0 Å². The Balaban J connectivity index is 1.78. The number of rotatable bonds is 4. The van der Waals surface area contributed by atoms with Crippen molar-refractivity contribution < 1.29 is 13.5 Å². The maximum Gasteiger partial charge on any atom is 0.387 e. The molecule has 6 heteroatoms. The lowest BCUT2D eigenvalue weighted by atomic mass is 9.94. The molecule has 21 heavy (non-hydrogen) atoms. The first-order valence-electron chi connectivity index (χ1n) is 6.71. The van der Waals surface area contributed by atoms with E-state index in [2.05, 4.69) is 38.7 Å². The normalized spacial score (nSPS) is 17.6. The minimum atomic E-state index is -2.79. The van der Waals surface area contributed by atoms with Gasteiger partial charge in [0.2, 0.25) is 0 Å². The molecule has 1 aromatic carbocycles. The Kier molecular flexibility index (Phi) is 4.63. The molecule has 0 fully saturated rings. The molecule has 1 atom stereocenters. The average Bonchev–Trinajstić information content (AvgIpc) is 2.80. The number of thiophene rings is 1. The summed E-state index contributed by atoms with van der Waals surface area (Å²) in [7, 11) is 0. The predicted molar refractivity (Wildman–Crippen MR) is 89.4 cm³/mol. The van der Waals surface area contributed by atoms with Gasteiger partial charge in [-0.05, 0) is 65.6 Å². The van der Waals surface area contributed by atoms with Crippen LogP contribution in [0.2, 0.25) is 0 Å². The fourth-order valence-electron chi connectivity index (χ4n) is 2.63. The van der Waals surface area contributed by atoms with Crippen molar-refractivity contribution in [1.82, 2.24) is 0 Å². The molecular formula is C15H14F2INOS. The van der Waals surface area contributed by atoms with Gasteiger partial charge in [-0.2, -0.15) is 8.78 Å². The van der Waals surface area contributed by atoms with Gasteiger partial charge in [0.05, 0.1) is 8.93 Å². The highest BCUT2D eigenvalue weighted by atomic mass is 127. The van der Waals surface area contributed by atoms with Gasteiger partial charge in [0.25, 0.3) is 0 Å². The largest absolute Gasteiger partial charge is 0.435 e. The zero-order chi connectivity index (χ0) is 14.8. The molecule has 1 N–H and O–H groups in total. The summed E-state index contributed by atoms with van der Waals surface area (Å²) in [6.07, 6.45) is 3.34. The van der Waals surface area contributed by atoms with E-state index in [1.807, 2.05) is 17.4 Å². The summed E-state index contributed by atoms with van der Waals surface area (Å²) < 4.78 is 30.3. The van der Waals surface area contributed by atoms with Crippen LogP contribution in [0.25, 0.3) is 0 Å². The monoisotopic (exact) mass is 421 g/mol. The molecule has 0 spiro atoms. The lowest BCUT2D eigenvalue weighted by molar-refractivity contribution is -0.0498. The maximum absolute atomic E-state index is 12.3. The second-order valence-electron chi connectivity index (χ2n) is 4.92. The molecule has 3 rings (SSSR count). The average molecular weight is 421 g/mol. The van der Waals surface area contributed by atoms with Gasteiger partial charge in [-0.25, -0.2) is 0 Å². The quantitative estimate of drug-likeness (QED) is 0.664. The third kappa shape index (κ3) is 3.66. The van der Waals surface area contributed by atoms with Crippen molar-refractivity contribution in [3.63, 3.8) is 0 Å². The molecule has 1 unspecified atom stereocenters. The molecule has 1 aliphatic rings. The van der Waals surface area contributed by atoms with Crippen LogP contribution in [-0.4, -0.2) is 6.61 Å². The number of halogens is 3. The number of alkyl halides is 2. The van der Waals surface area contributed by atoms with Gasteiger partial charge >= 0.3 is 6.61 Å². The first-order valence-corrected chi connectivity index (χ1v) is 8.61. The molecule has 0 bridgehead atoms. The minimum Gasteiger partial charge on any atom is -0.435 e. The number of nitrogens with one attached hydrogen (secondary N) is 1. The highest BCUT2D eigenvalue weighted by Crippen LogP contribution is 2.38. The summed E-state index contributed by atoms with van der Waals surface area (Å²) in [5.74, 6) is 0.186. The Labute approximate surface area is 139 Å². The Morgan fingerprint density at radius 1 is 1.33 bits per heavy atom. The van der Waals surface area contributed by atoms with E-state index in [1.165, 1.54) is 19.4 Å². The van der Waals surface area contributed by atoms with Crippen molar-refractivity contribution in [1.29, 1.82) is 0 Å². The third-order valence-corrected chi connectivity index (χ3v) is 5.45. The van der Waals surface area contributed by atoms with E-state index in [0.29, 0.717) is 0 Å². The predicted octanol–water partition coefficient (Wildman–Crippen LogP) is 5.44. The zero-order valence-corrected chi connectivity index (χ0v) is 14.1. The lowest BCUT2D eigenvalue weighted by Crippen LogP contribution is -2.15. The Bertz CT molecular complexity index is 632. The summed E-state index contributed by atoms with van der Waals surface area (Å²) in [6.45, 7) is -2.79. The molecule has 0 radical (unpaired) electrons. The molecule has 112 valence electrons. The Hall–Kier alpha value is -0.890. The first kappa shape index (κ1) is 15.0. The van der Waals surface area contributed by atoms with Crippen LogP contribution in [0.1, 0.15) is 29.3 Å². The smallest absolute Gasteiger partial charge is 0.387 e. The fourth-order valence-corrected chi connectivity index (χ4v) is 4.75. The van der Waals surface area contributed by atoms with Gasteiger partial charge in [0.1, 0.15) is 5.75 Å². The van der Waals surface area contributed by atoms with Gasteiger partial charge < -0.3 is 10.1 Å². The van der Waals surface area contributed by atoms with Crippen LogP contribution in [0.15, 0.2) is 30.3 Å². The third-order valence-electron chi connectivity index (χ3n) is 3.48. The molecule has 0 amide bonds. The SMILES string of the molecule is FC(F)Oc1cccc(NC2CCCc3sc(I)cc32)c1. The van der Waals surface area contributed by atoms with E-state index < -0.39 is 6.61 Å². The first-order chi connectivity index (χ1) is 10.1. The molecular weight excluding hydrogens is 407 g/mol. The van der Waals surface area contributed by atoms with Gasteiger partial charge in [-0.15, -0.1) is 11.3 Å². The number of hydrogen-bond donors (Lipinski definition) is 1. The number of aryl methyl sites for hydroxylation is 1. The molecule has 1 heterocycles. The van der Waals surface area contributed by atoms with E-state index in [1.54, 1.807) is 12.1 Å². The van der Waals surface area contributed by atoms with Crippen LogP contribution in [0.5, 0.6) is 5.75 Å². The van der Waals surface area contributed by atoms with E-state index in [4.69, 9.17) is 0 Å². The van der Waals surface area contributed by atoms with E-state index in [-0.39, 0.29) is 11.8 Å². The van der Waals surface area contributed by atoms with Crippen molar-refractivity contribution in [2.75, 3.05) is 5.32 Å². The number of benzene rings is 1. The van der Waals surface area contributed by atoms with Crippen LogP contribution < -0.4 is 10.1 Å². The van der Waals surface area contributed by atoms with Gasteiger partial charge in [-0.1, -0.05) is 6.07 Å². The van der Waals surface area contributed by atoms with Crippen LogP contribution in [0, 0.1) is 2.88 Å². The van der Waals surface area contributed by atoms with Crippen molar-refractivity contribution in [3.05, 3.63) is 43.7 Å². The zero-order valence-electron chi connectivity index (χ0n) is 11.1. The standard InChI is InChI=1S/C15H14F2INOS/c16-15(17)20-10-4-1-3-9(7-10)19-12-5-2-6-13-11(12)8-14(18)21-13/h1,3-4,7-8,12,15,19H,2,5-6H2. The molecule has 0 aliphatic heterocycles. The second kappa shape index (κ2) is 6.48. The summed E-state index contributed by atoms with van der Waals surface area (Å²) in [6, 6.07) is 9.23. The highest BCUT2D eigenvalue weighted by Gasteiger charge is 2.22. The van der Waals surface area contributed by atoms with Crippen molar-refractivity contribution >= 4 is 39.6 Å². The van der Waals surface area contributed by atoms with E-state index >= 15 is 0 Å². The lowest BCUT2D eigenvalue weighted by Gasteiger charge is -2.24. The molecule has 0 saturated carbocycles. The summed E-state index contributed by atoms with van der Waals surface area (Å²) in [5.41, 5.74) is 2.16. The molecule has 2 aromatic rings. The number of ether oxygens (including phenoxy) is 1. The van der Waals surface area contributed by atoms with Crippen molar-refractivity contribution in [2.45, 2.75) is 31.9 Å². The van der Waals surface area contributed by atoms with Gasteiger partial charge in [-0.3, -0.25) is 0 Å². The minimum absolute atomic E-state index is 0.186. The van der Waals surface area contributed by atoms with E-state index in [0.717, 1.165) is 24.9 Å². The van der Waals surface area contributed by atoms with Crippen LogP contribution in [0.4, 0.5) is 14.5 Å². The molecule has 1 aliphatic carbocycles. The highest BCUT2D eigenvalue weighted by molar-refractivity contribution is 14.1.